The van der Waals surface area contributed by atoms with Gasteiger partial charge in [0.2, 0.25) is 0 Å². The molecule has 0 aliphatic rings. The Balaban J connectivity index is 3.54. The topological polar surface area (TPSA) is 64.6 Å². The van der Waals surface area contributed by atoms with Gasteiger partial charge in [0.25, 0.3) is 0 Å². The molecule has 1 N–H and O–H groups in total. The lowest BCUT2D eigenvalue weighted by atomic mass is 9.99. The quantitative estimate of drug-likeness (QED) is 0.728. The molecule has 0 radical (unpaired) electrons. The molecule has 5 nitrogen and oxygen atoms in total. The van der Waals surface area contributed by atoms with E-state index in [1.807, 2.05) is 27.7 Å². The maximum Gasteiger partial charge on any atom is 0.407 e. The zero-order chi connectivity index (χ0) is 13.3. The highest BCUT2D eigenvalue weighted by molar-refractivity contribution is 5.71. The van der Waals surface area contributed by atoms with E-state index in [2.05, 4.69) is 5.32 Å². The third-order valence-corrected chi connectivity index (χ3v) is 1.70. The smallest absolute Gasteiger partial charge is 0.407 e. The van der Waals surface area contributed by atoms with E-state index in [4.69, 9.17) is 9.47 Å². The number of esters is 1. The van der Waals surface area contributed by atoms with Gasteiger partial charge in [-0.15, -0.1) is 0 Å². The van der Waals surface area contributed by atoms with Gasteiger partial charge in [-0.2, -0.15) is 0 Å². The second-order valence-corrected chi connectivity index (χ2v) is 5.03. The van der Waals surface area contributed by atoms with Crippen molar-refractivity contribution in [1.82, 2.24) is 5.32 Å². The molecule has 0 aromatic rings. The van der Waals surface area contributed by atoms with E-state index in [1.54, 1.807) is 0 Å². The number of ether oxygens (including phenoxy) is 2. The monoisotopic (exact) mass is 245 g/mol. The van der Waals surface area contributed by atoms with Gasteiger partial charge in [-0.05, 0) is 11.8 Å². The van der Waals surface area contributed by atoms with Crippen molar-refractivity contribution in [1.29, 1.82) is 0 Å². The molecular formula is C12H23NO4. The summed E-state index contributed by atoms with van der Waals surface area (Å²) in [7, 11) is 0. The summed E-state index contributed by atoms with van der Waals surface area (Å²) in [6, 6.07) is 0. The van der Waals surface area contributed by atoms with E-state index < -0.39 is 6.09 Å². The summed E-state index contributed by atoms with van der Waals surface area (Å²) in [5.74, 6) is -0.303. The average molecular weight is 245 g/mol. The number of carbonyl (C=O) groups excluding carboxylic acids is 2. The number of nitrogens with one attached hydrogen (secondary N) is 1. The van der Waals surface area contributed by atoms with Gasteiger partial charge in [-0.3, -0.25) is 4.79 Å². The van der Waals surface area contributed by atoms with Gasteiger partial charge in [0.15, 0.2) is 0 Å². The summed E-state index contributed by atoms with van der Waals surface area (Å²) in [6.45, 7) is 8.86. The van der Waals surface area contributed by atoms with E-state index in [9.17, 15) is 9.59 Å². The fourth-order valence-corrected chi connectivity index (χ4v) is 0.888. The number of hydrogen-bond donors (Lipinski definition) is 1. The molecule has 0 fully saturated rings. The van der Waals surface area contributed by atoms with Crippen molar-refractivity contribution in [3.63, 3.8) is 0 Å². The van der Waals surface area contributed by atoms with Crippen LogP contribution in [0.25, 0.3) is 0 Å². The van der Waals surface area contributed by atoms with Crippen LogP contribution in [0, 0.1) is 5.41 Å². The maximum absolute atomic E-state index is 11.2. The van der Waals surface area contributed by atoms with Crippen LogP contribution in [0.5, 0.6) is 0 Å². The van der Waals surface area contributed by atoms with Crippen LogP contribution in [0.1, 0.15) is 40.5 Å². The van der Waals surface area contributed by atoms with E-state index in [1.165, 1.54) is 0 Å². The maximum atomic E-state index is 11.2. The third-order valence-electron chi connectivity index (χ3n) is 1.70. The van der Waals surface area contributed by atoms with Crippen molar-refractivity contribution in [2.24, 2.45) is 5.41 Å². The van der Waals surface area contributed by atoms with Gasteiger partial charge in [0.1, 0.15) is 0 Å². The van der Waals surface area contributed by atoms with Crippen LogP contribution in [-0.2, 0) is 14.3 Å². The largest absolute Gasteiger partial charge is 0.466 e. The minimum Gasteiger partial charge on any atom is -0.466 e. The Hall–Kier alpha value is -1.26. The lowest BCUT2D eigenvalue weighted by Crippen LogP contribution is -2.30. The predicted octanol–water partition coefficient (Wildman–Crippen LogP) is 2.10. The lowest BCUT2D eigenvalue weighted by molar-refractivity contribution is -0.143. The third kappa shape index (κ3) is 11.0. The Morgan fingerprint density at radius 1 is 1.18 bits per heavy atom. The first kappa shape index (κ1) is 15.7. The molecule has 0 rings (SSSR count). The number of alkyl carbamates (subject to hydrolysis) is 1. The Bertz CT molecular complexity index is 245. The Kier molecular flexibility index (Phi) is 7.34. The fourth-order valence-electron chi connectivity index (χ4n) is 0.888. The van der Waals surface area contributed by atoms with Crippen LogP contribution in [0.3, 0.4) is 0 Å². The summed E-state index contributed by atoms with van der Waals surface area (Å²) in [5.41, 5.74) is -0.0581. The predicted molar refractivity (Wildman–Crippen MR) is 64.7 cm³/mol. The van der Waals surface area contributed by atoms with E-state index >= 15 is 0 Å². The molecule has 17 heavy (non-hydrogen) atoms. The Morgan fingerprint density at radius 2 is 1.82 bits per heavy atom. The number of hydrogen-bond acceptors (Lipinski definition) is 4. The molecule has 0 unspecified atom stereocenters. The molecule has 0 saturated heterocycles. The zero-order valence-electron chi connectivity index (χ0n) is 11.2. The van der Waals surface area contributed by atoms with E-state index in [0.29, 0.717) is 13.2 Å². The fraction of sp³-hybridized carbons (Fsp3) is 0.833. The Morgan fingerprint density at radius 3 is 2.35 bits per heavy atom. The van der Waals surface area contributed by atoms with Crippen LogP contribution in [-0.4, -0.2) is 31.8 Å². The van der Waals surface area contributed by atoms with Gasteiger partial charge >= 0.3 is 12.1 Å². The molecule has 0 aromatic heterocycles. The summed E-state index contributed by atoms with van der Waals surface area (Å²) < 4.78 is 9.82. The van der Waals surface area contributed by atoms with Gasteiger partial charge in [-0.1, -0.05) is 27.7 Å². The molecule has 0 atom stereocenters. The van der Waals surface area contributed by atoms with Gasteiger partial charge in [0, 0.05) is 6.54 Å². The molecular weight excluding hydrogens is 222 g/mol. The second-order valence-electron chi connectivity index (χ2n) is 5.03. The van der Waals surface area contributed by atoms with E-state index in [0.717, 1.165) is 6.42 Å². The molecule has 0 aliphatic heterocycles. The molecule has 100 valence electrons. The van der Waals surface area contributed by atoms with Gasteiger partial charge < -0.3 is 14.8 Å². The highest BCUT2D eigenvalue weighted by Crippen LogP contribution is 2.12. The highest BCUT2D eigenvalue weighted by atomic mass is 16.5. The molecule has 0 saturated carbocycles. The van der Waals surface area contributed by atoms with Crippen molar-refractivity contribution in [3.05, 3.63) is 0 Å². The number of carbonyl (C=O) groups is 2. The first-order valence-electron chi connectivity index (χ1n) is 5.91. The van der Waals surface area contributed by atoms with Crippen molar-refractivity contribution in [2.75, 3.05) is 19.8 Å². The number of amides is 1. The molecule has 5 heteroatoms. The Labute approximate surface area is 103 Å². The lowest BCUT2D eigenvalue weighted by Gasteiger charge is -2.17. The normalized spacial score (nSPS) is 10.8. The van der Waals surface area contributed by atoms with Crippen LogP contribution in [0.4, 0.5) is 4.79 Å². The van der Waals surface area contributed by atoms with Crippen LogP contribution < -0.4 is 5.32 Å². The van der Waals surface area contributed by atoms with Crippen LogP contribution in [0.2, 0.25) is 0 Å². The second kappa shape index (κ2) is 7.92. The molecule has 0 aliphatic carbocycles. The standard InChI is InChI=1S/C12H23NO4/c1-5-8-16-10(14)6-7-13-11(15)17-9-12(2,3)4/h5-9H2,1-4H3,(H,13,15). The minimum absolute atomic E-state index is 0.0581. The van der Waals surface area contributed by atoms with Crippen molar-refractivity contribution < 1.29 is 19.1 Å². The molecule has 1 amide bonds. The molecule has 0 spiro atoms. The minimum atomic E-state index is -0.497. The first-order chi connectivity index (χ1) is 7.85. The molecule has 0 heterocycles. The van der Waals surface area contributed by atoms with Crippen molar-refractivity contribution >= 4 is 12.1 Å². The molecule has 0 aromatic carbocycles. The first-order valence-corrected chi connectivity index (χ1v) is 5.91. The summed E-state index contributed by atoms with van der Waals surface area (Å²) in [4.78, 5) is 22.3. The summed E-state index contributed by atoms with van der Waals surface area (Å²) in [6.07, 6.45) is 0.473. The SMILES string of the molecule is CCCOC(=O)CCNC(=O)OCC(C)(C)C. The van der Waals surface area contributed by atoms with Crippen molar-refractivity contribution in [2.45, 2.75) is 40.5 Å². The van der Waals surface area contributed by atoms with Gasteiger partial charge in [0.05, 0.1) is 19.6 Å². The van der Waals surface area contributed by atoms with Crippen molar-refractivity contribution in [3.8, 4) is 0 Å². The zero-order valence-corrected chi connectivity index (χ0v) is 11.2. The highest BCUT2D eigenvalue weighted by Gasteiger charge is 2.13. The number of rotatable bonds is 6. The molecule has 0 bridgehead atoms. The van der Waals surface area contributed by atoms with Crippen LogP contribution in [0.15, 0.2) is 0 Å². The van der Waals surface area contributed by atoms with Crippen LogP contribution >= 0.6 is 0 Å². The summed E-state index contributed by atoms with van der Waals surface area (Å²) in [5, 5.41) is 2.50. The average Bonchev–Trinajstić information content (AvgIpc) is 2.22. The van der Waals surface area contributed by atoms with E-state index in [-0.39, 0.29) is 24.3 Å². The van der Waals surface area contributed by atoms with Gasteiger partial charge in [-0.25, -0.2) is 4.79 Å². The summed E-state index contributed by atoms with van der Waals surface area (Å²) >= 11 is 0.